The maximum atomic E-state index is 12.2. The highest BCUT2D eigenvalue weighted by molar-refractivity contribution is 7.90. The molecule has 118 valence electrons. The number of rotatable bonds is 7. The van der Waals surface area contributed by atoms with Crippen LogP contribution in [0, 0.1) is 0 Å². The second-order valence-corrected chi connectivity index (χ2v) is 6.39. The topological polar surface area (TPSA) is 61.8 Å². The minimum atomic E-state index is -1.14. The molecule has 0 saturated heterocycles. The van der Waals surface area contributed by atoms with E-state index in [1.807, 2.05) is 24.3 Å². The molecule has 0 aliphatic carbocycles. The van der Waals surface area contributed by atoms with Crippen LogP contribution in [0.3, 0.4) is 0 Å². The second kappa shape index (κ2) is 8.08. The first-order valence-electron chi connectivity index (χ1n) is 6.92. The zero-order valence-corrected chi connectivity index (χ0v) is 13.5. The molecule has 0 heterocycles. The van der Waals surface area contributed by atoms with Gasteiger partial charge in [-0.05, 0) is 41.0 Å². The number of methoxy groups -OCH3 is 2. The van der Waals surface area contributed by atoms with Crippen LogP contribution >= 0.6 is 0 Å². The third kappa shape index (κ3) is 4.66. The first kappa shape index (κ1) is 16.7. The van der Waals surface area contributed by atoms with E-state index < -0.39 is 17.3 Å². The van der Waals surface area contributed by atoms with Gasteiger partial charge in [-0.2, -0.15) is 0 Å². The molecular formula is C17H20O4S. The van der Waals surface area contributed by atoms with Crippen molar-refractivity contribution in [3.63, 3.8) is 0 Å². The van der Waals surface area contributed by atoms with Crippen molar-refractivity contribution in [1.29, 1.82) is 0 Å². The van der Waals surface area contributed by atoms with Crippen molar-refractivity contribution in [2.75, 3.05) is 20.0 Å². The van der Waals surface area contributed by atoms with Crippen LogP contribution in [0.2, 0.25) is 0 Å². The van der Waals surface area contributed by atoms with Crippen molar-refractivity contribution >= 4 is 11.2 Å². The van der Waals surface area contributed by atoms with Crippen molar-refractivity contribution in [1.82, 2.24) is 0 Å². The number of hydrogen-bond donors (Lipinski definition) is 1. The molecule has 0 fully saturated rings. The summed E-state index contributed by atoms with van der Waals surface area (Å²) in [4.78, 5) is 0. The van der Waals surface area contributed by atoms with E-state index in [0.717, 1.165) is 22.6 Å². The Balaban J connectivity index is 1.90. The Bertz CT molecular complexity index is 568. The van der Waals surface area contributed by atoms with E-state index in [-0.39, 0.29) is 5.75 Å². The lowest BCUT2D eigenvalue weighted by Crippen LogP contribution is -2.16. The minimum absolute atomic E-state index is 0.207. The highest BCUT2D eigenvalue weighted by Crippen LogP contribution is 2.21. The predicted molar refractivity (Wildman–Crippen MR) is 87.7 cm³/mol. The molecule has 2 rings (SSSR count). The molecule has 0 amide bonds. The Morgan fingerprint density at radius 2 is 1.45 bits per heavy atom. The van der Waals surface area contributed by atoms with Gasteiger partial charge in [0.15, 0.2) is 0 Å². The fourth-order valence-electron chi connectivity index (χ4n) is 2.06. The van der Waals surface area contributed by atoms with Crippen molar-refractivity contribution in [2.24, 2.45) is 0 Å². The first-order valence-corrected chi connectivity index (χ1v) is 8.41. The van der Waals surface area contributed by atoms with Gasteiger partial charge in [0, 0.05) is 5.56 Å². The molecule has 22 heavy (non-hydrogen) atoms. The Labute approximate surface area is 133 Å². The summed E-state index contributed by atoms with van der Waals surface area (Å²) in [5.74, 6) is 2.12. The summed E-state index contributed by atoms with van der Waals surface area (Å²) in [6.45, 7) is 0. The molecule has 0 aliphatic heterocycles. The Morgan fingerprint density at radius 1 is 0.955 bits per heavy atom. The molecule has 2 unspecified atom stereocenters. The number of ether oxygens (including phenoxy) is 2. The quantitative estimate of drug-likeness (QED) is 0.797. The number of aliphatic hydroxyl groups is 1. The van der Waals surface area contributed by atoms with Crippen LogP contribution < -0.4 is 9.47 Å². The fourth-order valence-corrected chi connectivity index (χ4v) is 3.29. The third-order valence-corrected chi connectivity index (χ3v) is 4.67. The lowest BCUT2D eigenvalue weighted by Gasteiger charge is -2.16. The average molecular weight is 320 g/mol. The van der Waals surface area contributed by atoms with E-state index >= 15 is 0 Å². The molecule has 2 atom stereocenters. The third-order valence-electron chi connectivity index (χ3n) is 3.33. The van der Waals surface area contributed by atoms with Gasteiger partial charge in [-0.15, -0.1) is 0 Å². The highest BCUT2D eigenvalue weighted by Gasteiger charge is 2.17. The van der Waals surface area contributed by atoms with Crippen molar-refractivity contribution < 1.29 is 19.1 Å². The molecule has 0 aromatic heterocycles. The molecule has 0 radical (unpaired) electrons. The summed E-state index contributed by atoms with van der Waals surface area (Å²) in [7, 11) is 3.20. The smallest absolute Gasteiger partial charge is 0.135 e. The normalized spacial score (nSPS) is 13.5. The van der Waals surface area contributed by atoms with Crippen LogP contribution in [-0.2, 0) is 16.9 Å². The van der Waals surface area contributed by atoms with Gasteiger partial charge in [0.05, 0.1) is 14.2 Å². The summed E-state index contributed by atoms with van der Waals surface area (Å²) in [5.41, 5.74) is 1.70. The minimum Gasteiger partial charge on any atom is -0.616 e. The zero-order chi connectivity index (χ0) is 15.9. The Morgan fingerprint density at radius 3 is 1.95 bits per heavy atom. The number of aliphatic hydroxyl groups excluding tert-OH is 1. The maximum Gasteiger partial charge on any atom is 0.135 e. The van der Waals surface area contributed by atoms with Crippen LogP contribution in [0.4, 0.5) is 0 Å². The van der Waals surface area contributed by atoms with E-state index in [9.17, 15) is 9.66 Å². The van der Waals surface area contributed by atoms with Gasteiger partial charge >= 0.3 is 0 Å². The number of benzene rings is 2. The lowest BCUT2D eigenvalue weighted by molar-refractivity contribution is 0.201. The molecule has 0 bridgehead atoms. The molecule has 4 nitrogen and oxygen atoms in total. The van der Waals surface area contributed by atoms with Crippen molar-refractivity contribution in [3.05, 3.63) is 59.7 Å². The van der Waals surface area contributed by atoms with Crippen LogP contribution in [0.15, 0.2) is 48.5 Å². The standard InChI is InChI=1S/C17H20O4S/c1-20-15-7-3-13(4-8-15)11-22(19)12-17(18)14-5-9-16(21-2)10-6-14/h3-10,17-18H,11-12H2,1-2H3. The second-order valence-electron chi connectivity index (χ2n) is 4.89. The van der Waals surface area contributed by atoms with Crippen LogP contribution in [0.5, 0.6) is 11.5 Å². The maximum absolute atomic E-state index is 12.2. The van der Waals surface area contributed by atoms with Gasteiger partial charge in [0.2, 0.25) is 0 Å². The molecule has 0 saturated carbocycles. The van der Waals surface area contributed by atoms with E-state index in [0.29, 0.717) is 5.75 Å². The van der Waals surface area contributed by atoms with Gasteiger partial charge in [0.25, 0.3) is 0 Å². The Kier molecular flexibility index (Phi) is 6.12. The monoisotopic (exact) mass is 320 g/mol. The SMILES string of the molecule is COc1ccc(C[S+]([O-])CC(O)c2ccc(OC)cc2)cc1. The highest BCUT2D eigenvalue weighted by atomic mass is 32.2. The molecule has 0 aliphatic rings. The van der Waals surface area contributed by atoms with E-state index in [1.165, 1.54) is 0 Å². The molecular weight excluding hydrogens is 300 g/mol. The van der Waals surface area contributed by atoms with Crippen LogP contribution in [0.25, 0.3) is 0 Å². The summed E-state index contributed by atoms with van der Waals surface area (Å²) >= 11 is -1.14. The van der Waals surface area contributed by atoms with Crippen LogP contribution in [0.1, 0.15) is 17.2 Å². The van der Waals surface area contributed by atoms with Gasteiger partial charge in [-0.3, -0.25) is 0 Å². The van der Waals surface area contributed by atoms with Crippen molar-refractivity contribution in [3.8, 4) is 11.5 Å². The van der Waals surface area contributed by atoms with Gasteiger partial charge in [0.1, 0.15) is 29.1 Å². The largest absolute Gasteiger partial charge is 0.616 e. The molecule has 1 N–H and O–H groups in total. The predicted octanol–water partition coefficient (Wildman–Crippen LogP) is 2.69. The van der Waals surface area contributed by atoms with Gasteiger partial charge in [-0.1, -0.05) is 24.3 Å². The summed E-state index contributed by atoms with van der Waals surface area (Å²) in [6.07, 6.45) is -0.745. The van der Waals surface area contributed by atoms with E-state index in [4.69, 9.17) is 9.47 Å². The number of hydrogen-bond acceptors (Lipinski definition) is 4. The summed E-state index contributed by atoms with van der Waals surface area (Å²) < 4.78 is 22.3. The molecule has 2 aromatic rings. The van der Waals surface area contributed by atoms with E-state index in [2.05, 4.69) is 0 Å². The molecule has 2 aromatic carbocycles. The first-order chi connectivity index (χ1) is 10.6. The van der Waals surface area contributed by atoms with E-state index in [1.54, 1.807) is 38.5 Å². The van der Waals surface area contributed by atoms with Crippen molar-refractivity contribution in [2.45, 2.75) is 11.9 Å². The molecule has 5 heteroatoms. The lowest BCUT2D eigenvalue weighted by atomic mass is 10.1. The summed E-state index contributed by atoms with van der Waals surface area (Å²) in [6, 6.07) is 14.6. The fraction of sp³-hybridized carbons (Fsp3) is 0.294. The summed E-state index contributed by atoms with van der Waals surface area (Å²) in [5, 5.41) is 10.2. The average Bonchev–Trinajstić information content (AvgIpc) is 2.55. The van der Waals surface area contributed by atoms with Gasteiger partial charge < -0.3 is 19.1 Å². The Hall–Kier alpha value is -1.69. The van der Waals surface area contributed by atoms with Crippen LogP contribution in [-0.4, -0.2) is 29.6 Å². The van der Waals surface area contributed by atoms with Gasteiger partial charge in [-0.25, -0.2) is 0 Å². The zero-order valence-electron chi connectivity index (χ0n) is 12.7. The molecule has 0 spiro atoms.